The van der Waals surface area contributed by atoms with Gasteiger partial charge in [0.1, 0.15) is 6.04 Å². The Labute approximate surface area is 209 Å². The molecule has 1 aliphatic heterocycles. The fraction of sp³-hybridized carbons (Fsp3) is 0.259. The number of nitrogens with one attached hydrogen (secondary N) is 1. The Hall–Kier alpha value is -3.71. The summed E-state index contributed by atoms with van der Waals surface area (Å²) in [7, 11) is 1.30. The molecule has 180 valence electrons. The maximum absolute atomic E-state index is 13.7. The molecule has 3 aromatic rings. The SMILES string of the molecule is COC(=O)C1CC(C(=O)NCc2ccc(C)cc2)N(C(=O)c2cccnc2)C1c1ccc(Cl)cc1. The van der Waals surface area contributed by atoms with E-state index in [1.54, 1.807) is 42.6 Å². The molecule has 0 bridgehead atoms. The van der Waals surface area contributed by atoms with Gasteiger partial charge in [-0.2, -0.15) is 0 Å². The summed E-state index contributed by atoms with van der Waals surface area (Å²) in [4.78, 5) is 45.5. The van der Waals surface area contributed by atoms with Gasteiger partial charge in [-0.15, -0.1) is 0 Å². The van der Waals surface area contributed by atoms with Gasteiger partial charge in [-0.05, 0) is 48.7 Å². The average Bonchev–Trinajstić information content (AvgIpc) is 3.29. The van der Waals surface area contributed by atoms with Gasteiger partial charge in [0.25, 0.3) is 5.91 Å². The van der Waals surface area contributed by atoms with Gasteiger partial charge in [0.15, 0.2) is 0 Å². The molecule has 1 aromatic heterocycles. The lowest BCUT2D eigenvalue weighted by atomic mass is 9.93. The zero-order valence-corrected chi connectivity index (χ0v) is 20.2. The van der Waals surface area contributed by atoms with Gasteiger partial charge < -0.3 is 15.0 Å². The van der Waals surface area contributed by atoms with E-state index in [0.29, 0.717) is 22.7 Å². The highest BCUT2D eigenvalue weighted by Crippen LogP contribution is 2.43. The molecule has 3 atom stereocenters. The third-order valence-electron chi connectivity index (χ3n) is 6.24. The molecule has 1 N–H and O–H groups in total. The summed E-state index contributed by atoms with van der Waals surface area (Å²) in [5, 5.41) is 3.46. The van der Waals surface area contributed by atoms with E-state index in [0.717, 1.165) is 11.1 Å². The Morgan fingerprint density at radius 2 is 1.80 bits per heavy atom. The number of ether oxygens (including phenoxy) is 1. The molecule has 0 radical (unpaired) electrons. The summed E-state index contributed by atoms with van der Waals surface area (Å²) in [5.74, 6) is -1.94. The zero-order valence-electron chi connectivity index (χ0n) is 19.5. The van der Waals surface area contributed by atoms with E-state index in [4.69, 9.17) is 16.3 Å². The van der Waals surface area contributed by atoms with Crippen LogP contribution >= 0.6 is 11.6 Å². The van der Waals surface area contributed by atoms with Crippen LogP contribution in [0.25, 0.3) is 0 Å². The number of esters is 1. The monoisotopic (exact) mass is 491 g/mol. The van der Waals surface area contributed by atoms with Crippen molar-refractivity contribution in [3.63, 3.8) is 0 Å². The van der Waals surface area contributed by atoms with E-state index in [1.165, 1.54) is 18.2 Å². The van der Waals surface area contributed by atoms with Gasteiger partial charge in [-0.25, -0.2) is 0 Å². The molecule has 0 saturated carbocycles. The van der Waals surface area contributed by atoms with Crippen molar-refractivity contribution in [3.8, 4) is 0 Å². The van der Waals surface area contributed by atoms with Crippen molar-refractivity contribution in [1.29, 1.82) is 0 Å². The molecule has 0 aliphatic carbocycles. The van der Waals surface area contributed by atoms with Crippen LogP contribution in [0.1, 0.15) is 39.5 Å². The second-order valence-electron chi connectivity index (χ2n) is 8.54. The lowest BCUT2D eigenvalue weighted by molar-refractivity contribution is -0.146. The number of halogens is 1. The van der Waals surface area contributed by atoms with Crippen LogP contribution in [0, 0.1) is 12.8 Å². The van der Waals surface area contributed by atoms with E-state index in [9.17, 15) is 14.4 Å². The highest BCUT2D eigenvalue weighted by Gasteiger charge is 2.51. The van der Waals surface area contributed by atoms with Gasteiger partial charge in [-0.1, -0.05) is 53.6 Å². The zero-order chi connectivity index (χ0) is 24.9. The Balaban J connectivity index is 1.70. The summed E-state index contributed by atoms with van der Waals surface area (Å²) in [6, 6.07) is 16.5. The molecule has 1 aliphatic rings. The molecule has 0 spiro atoms. The average molecular weight is 492 g/mol. The summed E-state index contributed by atoms with van der Waals surface area (Å²) < 4.78 is 5.06. The highest BCUT2D eigenvalue weighted by atomic mass is 35.5. The fourth-order valence-corrected chi connectivity index (χ4v) is 4.58. The molecular formula is C27H26ClN3O4. The molecule has 4 rings (SSSR count). The number of carbonyl (C=O) groups excluding carboxylic acids is 3. The minimum absolute atomic E-state index is 0.131. The fourth-order valence-electron chi connectivity index (χ4n) is 4.45. The van der Waals surface area contributed by atoms with Crippen molar-refractivity contribution in [2.45, 2.75) is 32.0 Å². The molecule has 1 fully saturated rings. The number of carbonyl (C=O) groups is 3. The second-order valence-corrected chi connectivity index (χ2v) is 8.97. The Morgan fingerprint density at radius 1 is 1.09 bits per heavy atom. The number of amides is 2. The van der Waals surface area contributed by atoms with Gasteiger partial charge in [0.2, 0.25) is 5.91 Å². The van der Waals surface area contributed by atoms with E-state index in [1.807, 2.05) is 31.2 Å². The number of rotatable bonds is 6. The van der Waals surface area contributed by atoms with Crippen molar-refractivity contribution >= 4 is 29.4 Å². The van der Waals surface area contributed by atoms with E-state index in [2.05, 4.69) is 10.3 Å². The number of pyridine rings is 1. The van der Waals surface area contributed by atoms with Crippen molar-refractivity contribution in [2.75, 3.05) is 7.11 Å². The van der Waals surface area contributed by atoms with E-state index < -0.39 is 24.0 Å². The summed E-state index contributed by atoms with van der Waals surface area (Å²) in [5.41, 5.74) is 3.07. The number of benzene rings is 2. The van der Waals surface area contributed by atoms with Crippen LogP contribution in [0.15, 0.2) is 73.1 Å². The first-order valence-electron chi connectivity index (χ1n) is 11.3. The van der Waals surface area contributed by atoms with E-state index >= 15 is 0 Å². The molecule has 35 heavy (non-hydrogen) atoms. The minimum Gasteiger partial charge on any atom is -0.469 e. The summed E-state index contributed by atoms with van der Waals surface area (Å²) >= 11 is 6.08. The summed E-state index contributed by atoms with van der Waals surface area (Å²) in [6.07, 6.45) is 3.15. The topological polar surface area (TPSA) is 88.6 Å². The highest BCUT2D eigenvalue weighted by molar-refractivity contribution is 6.30. The number of methoxy groups -OCH3 is 1. The maximum Gasteiger partial charge on any atom is 0.311 e. The minimum atomic E-state index is -0.877. The molecule has 1 saturated heterocycles. The number of aromatic nitrogens is 1. The maximum atomic E-state index is 13.7. The first-order chi connectivity index (χ1) is 16.9. The lowest BCUT2D eigenvalue weighted by Crippen LogP contribution is -2.46. The Bertz CT molecular complexity index is 1200. The van der Waals surface area contributed by atoms with Crippen LogP contribution in [-0.2, 0) is 20.9 Å². The molecular weight excluding hydrogens is 466 g/mol. The van der Waals surface area contributed by atoms with Crippen LogP contribution in [0.4, 0.5) is 0 Å². The smallest absolute Gasteiger partial charge is 0.311 e. The number of hydrogen-bond donors (Lipinski definition) is 1. The van der Waals surface area contributed by atoms with Gasteiger partial charge in [0, 0.05) is 24.0 Å². The van der Waals surface area contributed by atoms with Crippen molar-refractivity contribution in [1.82, 2.24) is 15.2 Å². The number of hydrogen-bond acceptors (Lipinski definition) is 5. The standard InChI is InChI=1S/C27H26ClN3O4/c1-17-5-7-18(8-6-17)15-30-25(32)23-14-22(27(34)35-2)24(19-9-11-21(28)12-10-19)31(23)26(33)20-4-3-13-29-16-20/h3-13,16,22-24H,14-15H2,1-2H3,(H,30,32). The van der Waals surface area contributed by atoms with Gasteiger partial charge in [-0.3, -0.25) is 19.4 Å². The third-order valence-corrected chi connectivity index (χ3v) is 6.49. The van der Waals surface area contributed by atoms with Crippen LogP contribution < -0.4 is 5.32 Å². The molecule has 3 unspecified atom stereocenters. The number of aryl methyl sites for hydroxylation is 1. The molecule has 2 amide bonds. The molecule has 2 aromatic carbocycles. The Morgan fingerprint density at radius 3 is 2.43 bits per heavy atom. The van der Waals surface area contributed by atoms with Crippen LogP contribution in [0.5, 0.6) is 0 Å². The van der Waals surface area contributed by atoms with Crippen molar-refractivity contribution in [3.05, 3.63) is 100 Å². The predicted molar refractivity (Wildman–Crippen MR) is 132 cm³/mol. The van der Waals surface area contributed by atoms with Crippen LogP contribution in [-0.4, -0.2) is 40.8 Å². The van der Waals surface area contributed by atoms with Crippen LogP contribution in [0.3, 0.4) is 0 Å². The third kappa shape index (κ3) is 5.35. The quantitative estimate of drug-likeness (QED) is 0.524. The Kier molecular flexibility index (Phi) is 7.46. The predicted octanol–water partition coefficient (Wildman–Crippen LogP) is 4.10. The van der Waals surface area contributed by atoms with Crippen LogP contribution in [0.2, 0.25) is 5.02 Å². The lowest BCUT2D eigenvalue weighted by Gasteiger charge is -2.31. The largest absolute Gasteiger partial charge is 0.469 e. The molecule has 7 nitrogen and oxygen atoms in total. The van der Waals surface area contributed by atoms with E-state index in [-0.39, 0.29) is 18.2 Å². The number of nitrogens with zero attached hydrogens (tertiary/aromatic N) is 2. The van der Waals surface area contributed by atoms with Gasteiger partial charge in [0.05, 0.1) is 24.6 Å². The first kappa shape index (κ1) is 24.4. The number of likely N-dealkylation sites (tertiary alicyclic amines) is 1. The van der Waals surface area contributed by atoms with Crippen molar-refractivity contribution < 1.29 is 19.1 Å². The molecule has 8 heteroatoms. The normalized spacial score (nSPS) is 19.3. The first-order valence-corrected chi connectivity index (χ1v) is 11.7. The van der Waals surface area contributed by atoms with Crippen molar-refractivity contribution in [2.24, 2.45) is 5.92 Å². The summed E-state index contributed by atoms with van der Waals surface area (Å²) in [6.45, 7) is 2.30. The molecule has 2 heterocycles. The second kappa shape index (κ2) is 10.7. The van der Waals surface area contributed by atoms with Gasteiger partial charge >= 0.3 is 5.97 Å².